The van der Waals surface area contributed by atoms with Gasteiger partial charge in [0.25, 0.3) is 11.6 Å². The number of rotatable bonds is 6. The number of carbonyl (C=O) groups excluding carboxylic acids is 1. The van der Waals surface area contributed by atoms with Gasteiger partial charge in [-0.05, 0) is 37.3 Å². The molecule has 148 valence electrons. The van der Waals surface area contributed by atoms with Gasteiger partial charge in [-0.25, -0.2) is 0 Å². The summed E-state index contributed by atoms with van der Waals surface area (Å²) in [6.45, 7) is 4.89. The zero-order valence-corrected chi connectivity index (χ0v) is 16.0. The first-order chi connectivity index (χ1) is 13.5. The van der Waals surface area contributed by atoms with Crippen molar-refractivity contribution in [2.75, 3.05) is 44.8 Å². The monoisotopic (exact) mass is 385 g/mol. The van der Waals surface area contributed by atoms with E-state index < -0.39 is 4.92 Å². The molecule has 1 aliphatic heterocycles. The molecule has 0 spiro atoms. The maximum absolute atomic E-state index is 12.8. The molecule has 0 unspecified atom stereocenters. The van der Waals surface area contributed by atoms with Crippen LogP contribution in [0.3, 0.4) is 0 Å². The van der Waals surface area contributed by atoms with Gasteiger partial charge in [-0.3, -0.25) is 14.9 Å². The third kappa shape index (κ3) is 4.16. The molecule has 8 nitrogen and oxygen atoms in total. The molecular formula is C20H23N3O5. The molecule has 0 radical (unpaired) electrons. The number of ether oxygens (including phenoxy) is 2. The van der Waals surface area contributed by atoms with Crippen molar-refractivity contribution >= 4 is 17.3 Å². The number of nitro groups is 1. The fourth-order valence-electron chi connectivity index (χ4n) is 3.21. The van der Waals surface area contributed by atoms with E-state index in [2.05, 4.69) is 4.90 Å². The highest BCUT2D eigenvalue weighted by Gasteiger charge is 2.23. The molecule has 0 N–H and O–H groups in total. The maximum atomic E-state index is 12.8. The largest absolute Gasteiger partial charge is 0.493 e. The number of non-ortho nitro benzene ring substituents is 1. The second kappa shape index (κ2) is 8.60. The van der Waals surface area contributed by atoms with Crippen LogP contribution in [0.2, 0.25) is 0 Å². The molecular weight excluding hydrogens is 362 g/mol. The predicted molar refractivity (Wildman–Crippen MR) is 105 cm³/mol. The minimum absolute atomic E-state index is 0.0512. The fourth-order valence-corrected chi connectivity index (χ4v) is 3.21. The van der Waals surface area contributed by atoms with E-state index in [1.54, 1.807) is 42.3 Å². The van der Waals surface area contributed by atoms with E-state index in [1.165, 1.54) is 12.1 Å². The highest BCUT2D eigenvalue weighted by molar-refractivity contribution is 5.95. The topological polar surface area (TPSA) is 85.2 Å². The van der Waals surface area contributed by atoms with Gasteiger partial charge in [0.1, 0.15) is 0 Å². The quantitative estimate of drug-likeness (QED) is 0.561. The normalized spacial score (nSPS) is 13.9. The Kier molecular flexibility index (Phi) is 5.98. The lowest BCUT2D eigenvalue weighted by molar-refractivity contribution is -0.384. The highest BCUT2D eigenvalue weighted by Crippen LogP contribution is 2.29. The molecule has 1 heterocycles. The van der Waals surface area contributed by atoms with E-state index in [0.29, 0.717) is 49.8 Å². The van der Waals surface area contributed by atoms with Crippen LogP contribution in [0.5, 0.6) is 11.5 Å². The summed E-state index contributed by atoms with van der Waals surface area (Å²) in [6.07, 6.45) is 0. The molecule has 0 bridgehead atoms. The number of methoxy groups -OCH3 is 1. The third-order valence-corrected chi connectivity index (χ3v) is 4.70. The minimum atomic E-state index is -0.411. The van der Waals surface area contributed by atoms with E-state index in [0.717, 1.165) is 5.69 Å². The lowest BCUT2D eigenvalue weighted by Crippen LogP contribution is -2.48. The molecule has 1 fully saturated rings. The number of anilines is 1. The Hall–Kier alpha value is -3.29. The smallest absolute Gasteiger partial charge is 0.269 e. The molecule has 28 heavy (non-hydrogen) atoms. The minimum Gasteiger partial charge on any atom is -0.493 e. The molecule has 2 aromatic carbocycles. The number of amides is 1. The van der Waals surface area contributed by atoms with Gasteiger partial charge in [-0.15, -0.1) is 0 Å². The summed E-state index contributed by atoms with van der Waals surface area (Å²) in [5, 5.41) is 10.8. The number of hydrogen-bond acceptors (Lipinski definition) is 6. The van der Waals surface area contributed by atoms with Crippen LogP contribution in [0.4, 0.5) is 11.4 Å². The first-order valence-electron chi connectivity index (χ1n) is 9.13. The summed E-state index contributed by atoms with van der Waals surface area (Å²) < 4.78 is 10.8. The van der Waals surface area contributed by atoms with Crippen molar-refractivity contribution in [3.63, 3.8) is 0 Å². The van der Waals surface area contributed by atoms with Crippen LogP contribution in [0.25, 0.3) is 0 Å². The van der Waals surface area contributed by atoms with Gasteiger partial charge in [-0.2, -0.15) is 0 Å². The zero-order chi connectivity index (χ0) is 20.1. The predicted octanol–water partition coefficient (Wildman–Crippen LogP) is 2.96. The first-order valence-corrected chi connectivity index (χ1v) is 9.13. The number of carbonyl (C=O) groups is 1. The molecule has 0 aromatic heterocycles. The van der Waals surface area contributed by atoms with Gasteiger partial charge < -0.3 is 19.3 Å². The average molecular weight is 385 g/mol. The Balaban J connectivity index is 1.64. The van der Waals surface area contributed by atoms with Gasteiger partial charge in [0, 0.05) is 49.6 Å². The van der Waals surface area contributed by atoms with Gasteiger partial charge in [0.05, 0.1) is 18.6 Å². The van der Waals surface area contributed by atoms with E-state index in [1.807, 2.05) is 6.92 Å². The van der Waals surface area contributed by atoms with E-state index >= 15 is 0 Å². The van der Waals surface area contributed by atoms with Crippen molar-refractivity contribution in [2.24, 2.45) is 0 Å². The van der Waals surface area contributed by atoms with Crippen LogP contribution in [-0.4, -0.2) is 55.6 Å². The van der Waals surface area contributed by atoms with Crippen LogP contribution in [0, 0.1) is 10.1 Å². The zero-order valence-electron chi connectivity index (χ0n) is 16.0. The Morgan fingerprint density at radius 1 is 1.07 bits per heavy atom. The lowest BCUT2D eigenvalue weighted by Gasteiger charge is -2.36. The van der Waals surface area contributed by atoms with Crippen molar-refractivity contribution in [2.45, 2.75) is 6.92 Å². The van der Waals surface area contributed by atoms with Crippen molar-refractivity contribution in [1.82, 2.24) is 4.90 Å². The van der Waals surface area contributed by atoms with Gasteiger partial charge in [0.15, 0.2) is 11.5 Å². The van der Waals surface area contributed by atoms with Gasteiger partial charge >= 0.3 is 0 Å². The maximum Gasteiger partial charge on any atom is 0.269 e. The van der Waals surface area contributed by atoms with Crippen molar-refractivity contribution in [1.29, 1.82) is 0 Å². The van der Waals surface area contributed by atoms with Crippen LogP contribution in [-0.2, 0) is 0 Å². The van der Waals surface area contributed by atoms with Crippen LogP contribution >= 0.6 is 0 Å². The molecule has 0 saturated carbocycles. The number of hydrogen-bond donors (Lipinski definition) is 0. The molecule has 1 amide bonds. The van der Waals surface area contributed by atoms with E-state index in [4.69, 9.17) is 9.47 Å². The summed E-state index contributed by atoms with van der Waals surface area (Å²) in [7, 11) is 1.55. The number of nitro benzene ring substituents is 1. The SMILES string of the molecule is CCOc1ccc(C(=O)N2CCN(c3ccc([N+](=O)[O-])cc3)CC2)cc1OC. The average Bonchev–Trinajstić information content (AvgIpc) is 2.74. The van der Waals surface area contributed by atoms with Crippen molar-refractivity contribution in [3.05, 3.63) is 58.1 Å². The number of nitrogens with zero attached hydrogens (tertiary/aromatic N) is 3. The Morgan fingerprint density at radius 2 is 1.75 bits per heavy atom. The Morgan fingerprint density at radius 3 is 2.32 bits per heavy atom. The Labute approximate surface area is 163 Å². The molecule has 0 aliphatic carbocycles. The summed E-state index contributed by atoms with van der Waals surface area (Å²) >= 11 is 0. The second-order valence-electron chi connectivity index (χ2n) is 6.35. The molecule has 2 aromatic rings. The molecule has 1 saturated heterocycles. The second-order valence-corrected chi connectivity index (χ2v) is 6.35. The Bertz CT molecular complexity index is 845. The standard InChI is InChI=1S/C20H23N3O5/c1-3-28-18-9-4-15(14-19(18)27-2)20(24)22-12-10-21(11-13-22)16-5-7-17(8-6-16)23(25)26/h4-9,14H,3,10-13H2,1-2H3. The number of piperazine rings is 1. The van der Waals surface area contributed by atoms with E-state index in [-0.39, 0.29) is 11.6 Å². The molecule has 8 heteroatoms. The van der Waals surface area contributed by atoms with E-state index in [9.17, 15) is 14.9 Å². The summed E-state index contributed by atoms with van der Waals surface area (Å²) in [4.78, 5) is 27.1. The summed E-state index contributed by atoms with van der Waals surface area (Å²) in [5.41, 5.74) is 1.55. The third-order valence-electron chi connectivity index (χ3n) is 4.70. The van der Waals surface area contributed by atoms with Crippen LogP contribution in [0.15, 0.2) is 42.5 Å². The van der Waals surface area contributed by atoms with Crippen molar-refractivity contribution in [3.8, 4) is 11.5 Å². The number of benzene rings is 2. The van der Waals surface area contributed by atoms with Crippen LogP contribution in [0.1, 0.15) is 17.3 Å². The first kappa shape index (κ1) is 19.5. The highest BCUT2D eigenvalue weighted by atomic mass is 16.6. The lowest BCUT2D eigenvalue weighted by atomic mass is 10.1. The van der Waals surface area contributed by atoms with Gasteiger partial charge in [0.2, 0.25) is 0 Å². The van der Waals surface area contributed by atoms with Crippen molar-refractivity contribution < 1.29 is 19.2 Å². The van der Waals surface area contributed by atoms with Gasteiger partial charge in [-0.1, -0.05) is 0 Å². The molecule has 0 atom stereocenters. The molecule has 1 aliphatic rings. The van der Waals surface area contributed by atoms with Crippen LogP contribution < -0.4 is 14.4 Å². The summed E-state index contributed by atoms with van der Waals surface area (Å²) in [5.74, 6) is 1.10. The fraction of sp³-hybridized carbons (Fsp3) is 0.350. The molecule has 3 rings (SSSR count). The summed E-state index contributed by atoms with van der Waals surface area (Å²) in [6, 6.07) is 11.7.